The van der Waals surface area contributed by atoms with Crippen molar-refractivity contribution < 1.29 is 9.59 Å². The third-order valence-corrected chi connectivity index (χ3v) is 5.05. The molecule has 0 spiro atoms. The van der Waals surface area contributed by atoms with Crippen LogP contribution in [0.3, 0.4) is 0 Å². The molecule has 1 aliphatic heterocycles. The highest BCUT2D eigenvalue weighted by molar-refractivity contribution is 6.30. The molecule has 1 aromatic rings. The Morgan fingerprint density at radius 1 is 1.23 bits per heavy atom. The zero-order chi connectivity index (χ0) is 18.2. The monoisotopic (exact) mass is 401 g/mol. The number of halogens is 2. The van der Waals surface area contributed by atoms with Gasteiger partial charge in [0.2, 0.25) is 11.8 Å². The number of nitrogens with zero attached hydrogens (tertiary/aromatic N) is 1. The summed E-state index contributed by atoms with van der Waals surface area (Å²) in [5.74, 6) is 0.651. The fourth-order valence-corrected chi connectivity index (χ4v) is 3.44. The van der Waals surface area contributed by atoms with Crippen LogP contribution in [-0.2, 0) is 9.59 Å². The van der Waals surface area contributed by atoms with Gasteiger partial charge in [0.15, 0.2) is 0 Å². The predicted molar refractivity (Wildman–Crippen MR) is 108 cm³/mol. The first-order valence-corrected chi connectivity index (χ1v) is 9.32. The highest BCUT2D eigenvalue weighted by Gasteiger charge is 2.25. The van der Waals surface area contributed by atoms with Gasteiger partial charge in [-0.3, -0.25) is 9.59 Å². The maximum Gasteiger partial charge on any atom is 0.224 e. The summed E-state index contributed by atoms with van der Waals surface area (Å²) >= 11 is 5.93. The Bertz CT molecular complexity index is 573. The van der Waals surface area contributed by atoms with Crippen LogP contribution in [-0.4, -0.2) is 43.4 Å². The Balaban J connectivity index is 0.00000338. The predicted octanol–water partition coefficient (Wildman–Crippen LogP) is 3.18. The van der Waals surface area contributed by atoms with Gasteiger partial charge < -0.3 is 15.5 Å². The van der Waals surface area contributed by atoms with E-state index >= 15 is 0 Å². The van der Waals surface area contributed by atoms with Crippen molar-refractivity contribution in [2.75, 3.05) is 26.7 Å². The number of carbonyl (C=O) groups is 2. The van der Waals surface area contributed by atoms with Gasteiger partial charge in [-0.1, -0.05) is 23.7 Å². The Morgan fingerprint density at radius 2 is 1.85 bits per heavy atom. The van der Waals surface area contributed by atoms with E-state index in [0.717, 1.165) is 44.5 Å². The van der Waals surface area contributed by atoms with E-state index in [2.05, 4.69) is 10.6 Å². The van der Waals surface area contributed by atoms with Gasteiger partial charge in [0.05, 0.1) is 12.5 Å². The van der Waals surface area contributed by atoms with Crippen molar-refractivity contribution in [2.24, 2.45) is 5.92 Å². The maximum absolute atomic E-state index is 12.7. The van der Waals surface area contributed by atoms with E-state index in [1.54, 1.807) is 12.1 Å². The van der Waals surface area contributed by atoms with E-state index in [0.29, 0.717) is 10.9 Å². The summed E-state index contributed by atoms with van der Waals surface area (Å²) in [6.07, 6.45) is 3.55. The highest BCUT2D eigenvalue weighted by atomic mass is 35.5. The summed E-state index contributed by atoms with van der Waals surface area (Å²) < 4.78 is 0. The van der Waals surface area contributed by atoms with Gasteiger partial charge in [-0.2, -0.15) is 0 Å². The first-order valence-electron chi connectivity index (χ1n) is 8.94. The van der Waals surface area contributed by atoms with Crippen LogP contribution in [0.2, 0.25) is 5.02 Å². The van der Waals surface area contributed by atoms with Crippen LogP contribution in [0.5, 0.6) is 0 Å². The van der Waals surface area contributed by atoms with E-state index in [1.165, 1.54) is 6.92 Å². The second-order valence-corrected chi connectivity index (χ2v) is 7.16. The molecule has 146 valence electrons. The first kappa shape index (κ1) is 22.7. The second-order valence-electron chi connectivity index (χ2n) is 6.73. The molecule has 0 radical (unpaired) electrons. The van der Waals surface area contributed by atoms with Crippen LogP contribution in [0.4, 0.5) is 0 Å². The molecule has 5 nitrogen and oxygen atoms in total. The number of likely N-dealkylation sites (tertiary alicyclic amines) is 1. The standard InChI is InChI=1S/C19H28ClN3O2.ClH/c1-14(24)22-18(16-3-5-17(20)6-4-16)13-19(25)23-11-8-15(9-12-23)7-10-21-2;/h3-6,15,18,21H,7-13H2,1-2H3,(H,22,24);1H. The van der Waals surface area contributed by atoms with Crippen molar-refractivity contribution >= 4 is 35.8 Å². The number of benzene rings is 1. The summed E-state index contributed by atoms with van der Waals surface area (Å²) in [7, 11) is 1.97. The van der Waals surface area contributed by atoms with Crippen LogP contribution < -0.4 is 10.6 Å². The number of amides is 2. The third kappa shape index (κ3) is 7.14. The zero-order valence-corrected chi connectivity index (χ0v) is 17.0. The molecule has 2 amide bonds. The Morgan fingerprint density at radius 3 is 2.38 bits per heavy atom. The molecule has 2 rings (SSSR count). The molecule has 0 saturated carbocycles. The summed E-state index contributed by atoms with van der Waals surface area (Å²) in [6.45, 7) is 4.11. The molecule has 0 aromatic heterocycles. The minimum absolute atomic E-state index is 0. The first-order chi connectivity index (χ1) is 12.0. The third-order valence-electron chi connectivity index (χ3n) is 4.80. The SMILES string of the molecule is CNCCC1CCN(C(=O)CC(NC(C)=O)c2ccc(Cl)cc2)CC1.Cl. The van der Waals surface area contributed by atoms with Crippen LogP contribution in [0.15, 0.2) is 24.3 Å². The number of hydrogen-bond acceptors (Lipinski definition) is 3. The van der Waals surface area contributed by atoms with Crippen LogP contribution in [0.1, 0.15) is 44.2 Å². The Kier molecular flexibility index (Phi) is 9.99. The average Bonchev–Trinajstić information content (AvgIpc) is 2.60. The van der Waals surface area contributed by atoms with Gasteiger partial charge in [-0.05, 0) is 56.5 Å². The van der Waals surface area contributed by atoms with Gasteiger partial charge in [0, 0.05) is 25.0 Å². The van der Waals surface area contributed by atoms with Crippen molar-refractivity contribution in [3.63, 3.8) is 0 Å². The van der Waals surface area contributed by atoms with E-state index in [9.17, 15) is 9.59 Å². The van der Waals surface area contributed by atoms with Crippen LogP contribution in [0.25, 0.3) is 0 Å². The summed E-state index contributed by atoms with van der Waals surface area (Å²) in [4.78, 5) is 26.1. The van der Waals surface area contributed by atoms with Crippen molar-refractivity contribution in [3.8, 4) is 0 Å². The summed E-state index contributed by atoms with van der Waals surface area (Å²) in [5, 5.41) is 6.71. The zero-order valence-electron chi connectivity index (χ0n) is 15.5. The fourth-order valence-electron chi connectivity index (χ4n) is 3.32. The van der Waals surface area contributed by atoms with E-state index < -0.39 is 0 Å². The van der Waals surface area contributed by atoms with Crippen molar-refractivity contribution in [3.05, 3.63) is 34.9 Å². The molecular formula is C19H29Cl2N3O2. The minimum Gasteiger partial charge on any atom is -0.349 e. The van der Waals surface area contributed by atoms with Gasteiger partial charge in [0.25, 0.3) is 0 Å². The van der Waals surface area contributed by atoms with Crippen LogP contribution in [0, 0.1) is 5.92 Å². The molecule has 1 atom stereocenters. The molecular weight excluding hydrogens is 373 g/mol. The molecule has 2 N–H and O–H groups in total. The largest absolute Gasteiger partial charge is 0.349 e. The number of piperidine rings is 1. The second kappa shape index (κ2) is 11.4. The van der Waals surface area contributed by atoms with Gasteiger partial charge in [-0.25, -0.2) is 0 Å². The molecule has 1 heterocycles. The van der Waals surface area contributed by atoms with Gasteiger partial charge in [-0.15, -0.1) is 12.4 Å². The lowest BCUT2D eigenvalue weighted by molar-refractivity contribution is -0.133. The topological polar surface area (TPSA) is 61.4 Å². The molecule has 0 bridgehead atoms. The molecule has 1 aromatic carbocycles. The van der Waals surface area contributed by atoms with E-state index in [-0.39, 0.29) is 36.7 Å². The number of nitrogens with one attached hydrogen (secondary N) is 2. The average molecular weight is 402 g/mol. The van der Waals surface area contributed by atoms with Gasteiger partial charge >= 0.3 is 0 Å². The molecule has 7 heteroatoms. The normalized spacial score (nSPS) is 15.9. The smallest absolute Gasteiger partial charge is 0.224 e. The molecule has 26 heavy (non-hydrogen) atoms. The lowest BCUT2D eigenvalue weighted by Gasteiger charge is -2.33. The lowest BCUT2D eigenvalue weighted by Crippen LogP contribution is -2.41. The maximum atomic E-state index is 12.7. The van der Waals surface area contributed by atoms with Crippen LogP contribution >= 0.6 is 24.0 Å². The van der Waals surface area contributed by atoms with E-state index in [1.807, 2.05) is 24.1 Å². The number of carbonyl (C=O) groups excluding carboxylic acids is 2. The van der Waals surface area contributed by atoms with Crippen molar-refractivity contribution in [2.45, 2.75) is 38.6 Å². The van der Waals surface area contributed by atoms with E-state index in [4.69, 9.17) is 11.6 Å². The molecule has 1 saturated heterocycles. The molecule has 0 aliphatic carbocycles. The molecule has 1 aliphatic rings. The molecule has 1 unspecified atom stereocenters. The number of hydrogen-bond donors (Lipinski definition) is 2. The van der Waals surface area contributed by atoms with Gasteiger partial charge in [0.1, 0.15) is 0 Å². The highest BCUT2D eigenvalue weighted by Crippen LogP contribution is 2.24. The number of rotatable bonds is 7. The fraction of sp³-hybridized carbons (Fsp3) is 0.579. The minimum atomic E-state index is -0.315. The van der Waals surface area contributed by atoms with Crippen molar-refractivity contribution in [1.29, 1.82) is 0 Å². The quantitative estimate of drug-likeness (QED) is 0.737. The molecule has 1 fully saturated rings. The lowest BCUT2D eigenvalue weighted by atomic mass is 9.93. The Labute approximate surface area is 167 Å². The Hall–Kier alpha value is -1.30. The van der Waals surface area contributed by atoms with Crippen molar-refractivity contribution in [1.82, 2.24) is 15.5 Å². The summed E-state index contributed by atoms with van der Waals surface area (Å²) in [5.41, 5.74) is 0.900. The summed E-state index contributed by atoms with van der Waals surface area (Å²) in [6, 6.07) is 6.97.